The molecular weight excluding hydrogens is 210 g/mol. The molecule has 0 aromatic rings. The van der Waals surface area contributed by atoms with Gasteiger partial charge in [0.25, 0.3) is 0 Å². The van der Waals surface area contributed by atoms with E-state index < -0.39 is 6.10 Å². The minimum absolute atomic E-state index is 0.188. The van der Waals surface area contributed by atoms with Gasteiger partial charge in [0, 0.05) is 18.3 Å². The second-order valence-corrected chi connectivity index (χ2v) is 5.32. The summed E-state index contributed by atoms with van der Waals surface area (Å²) in [5.74, 6) is 2.24. The van der Waals surface area contributed by atoms with Crippen LogP contribution in [0.15, 0.2) is 0 Å². The lowest BCUT2D eigenvalue weighted by atomic mass is 10.3. The van der Waals surface area contributed by atoms with Crippen molar-refractivity contribution >= 4 is 11.8 Å². The number of aliphatic hydroxyl groups excluding tert-OH is 1. The molecule has 0 rings (SSSR count). The summed E-state index contributed by atoms with van der Waals surface area (Å²) in [4.78, 5) is 0. The van der Waals surface area contributed by atoms with Crippen molar-refractivity contribution in [3.8, 4) is 0 Å². The Morgan fingerprint density at radius 1 is 1.33 bits per heavy atom. The van der Waals surface area contributed by atoms with E-state index in [-0.39, 0.29) is 6.10 Å². The van der Waals surface area contributed by atoms with Gasteiger partial charge in [-0.25, -0.2) is 0 Å². The Balaban J connectivity index is 3.39. The molecule has 4 heteroatoms. The quantitative estimate of drug-likeness (QED) is 0.635. The highest BCUT2D eigenvalue weighted by Crippen LogP contribution is 2.01. The van der Waals surface area contributed by atoms with Gasteiger partial charge in [0.1, 0.15) is 0 Å². The molecule has 0 saturated heterocycles. The number of ether oxygens (including phenoxy) is 1. The Bertz CT molecular complexity index is 145. The molecule has 0 heterocycles. The minimum atomic E-state index is -0.401. The third-order valence-electron chi connectivity index (χ3n) is 1.90. The summed E-state index contributed by atoms with van der Waals surface area (Å²) in [6.45, 7) is 9.26. The smallest absolute Gasteiger partial charge is 0.0897 e. The fourth-order valence-electron chi connectivity index (χ4n) is 1.05. The number of hydrogen-bond donors (Lipinski definition) is 2. The van der Waals surface area contributed by atoms with Crippen molar-refractivity contribution in [1.82, 2.24) is 5.32 Å². The molecule has 0 bridgehead atoms. The summed E-state index contributed by atoms with van der Waals surface area (Å²) in [6, 6.07) is 0.448. The van der Waals surface area contributed by atoms with Gasteiger partial charge >= 0.3 is 0 Å². The van der Waals surface area contributed by atoms with E-state index in [2.05, 4.69) is 19.2 Å². The second kappa shape index (κ2) is 9.46. The van der Waals surface area contributed by atoms with Crippen LogP contribution in [0.3, 0.4) is 0 Å². The van der Waals surface area contributed by atoms with E-state index in [0.29, 0.717) is 19.2 Å². The van der Waals surface area contributed by atoms with Crippen molar-refractivity contribution in [1.29, 1.82) is 0 Å². The first-order chi connectivity index (χ1) is 7.06. The van der Waals surface area contributed by atoms with Crippen molar-refractivity contribution < 1.29 is 9.84 Å². The van der Waals surface area contributed by atoms with E-state index in [4.69, 9.17) is 4.74 Å². The van der Waals surface area contributed by atoms with E-state index >= 15 is 0 Å². The molecular formula is C11H25NO2S. The summed E-state index contributed by atoms with van der Waals surface area (Å²) < 4.78 is 5.32. The van der Waals surface area contributed by atoms with Crippen molar-refractivity contribution in [3.63, 3.8) is 0 Å². The standard InChI is InChI=1S/C11H25NO2S/c1-5-15-8-10(4)12-6-11(13)7-14-9(2)3/h9-13H,5-8H2,1-4H3. The first-order valence-electron chi connectivity index (χ1n) is 5.67. The molecule has 3 nitrogen and oxygen atoms in total. The Labute approximate surface area is 98.0 Å². The fraction of sp³-hybridized carbons (Fsp3) is 1.00. The number of aliphatic hydroxyl groups is 1. The first kappa shape index (κ1) is 15.2. The highest BCUT2D eigenvalue weighted by atomic mass is 32.2. The largest absolute Gasteiger partial charge is 0.389 e. The van der Waals surface area contributed by atoms with Gasteiger partial charge < -0.3 is 15.2 Å². The minimum Gasteiger partial charge on any atom is -0.389 e. The molecule has 0 fully saturated rings. The summed E-state index contributed by atoms with van der Waals surface area (Å²) in [6.07, 6.45) is -0.214. The van der Waals surface area contributed by atoms with Crippen LogP contribution in [0, 0.1) is 0 Å². The number of rotatable bonds is 9. The highest BCUT2D eigenvalue weighted by Gasteiger charge is 2.07. The normalized spacial score (nSPS) is 15.6. The average molecular weight is 235 g/mol. The summed E-state index contributed by atoms with van der Waals surface area (Å²) in [5.41, 5.74) is 0. The van der Waals surface area contributed by atoms with Crippen LogP contribution in [0.2, 0.25) is 0 Å². The summed E-state index contributed by atoms with van der Waals surface area (Å²) in [7, 11) is 0. The molecule has 0 aliphatic rings. The zero-order chi connectivity index (χ0) is 11.7. The van der Waals surface area contributed by atoms with Crippen molar-refractivity contribution in [2.45, 2.75) is 45.9 Å². The van der Waals surface area contributed by atoms with E-state index in [1.807, 2.05) is 25.6 Å². The predicted octanol–water partition coefficient (Wildman–Crippen LogP) is 1.50. The van der Waals surface area contributed by atoms with E-state index in [9.17, 15) is 5.11 Å². The predicted molar refractivity (Wildman–Crippen MR) is 67.6 cm³/mol. The molecule has 0 aliphatic carbocycles. The van der Waals surface area contributed by atoms with Crippen molar-refractivity contribution in [3.05, 3.63) is 0 Å². The third-order valence-corrected chi connectivity index (χ3v) is 3.04. The molecule has 0 aromatic heterocycles. The molecule has 2 N–H and O–H groups in total. The number of nitrogens with one attached hydrogen (secondary N) is 1. The Hall–Kier alpha value is 0.230. The van der Waals surface area contributed by atoms with Crippen LogP contribution in [0.4, 0.5) is 0 Å². The molecule has 15 heavy (non-hydrogen) atoms. The average Bonchev–Trinajstić information content (AvgIpc) is 2.20. The molecule has 0 spiro atoms. The Morgan fingerprint density at radius 2 is 2.00 bits per heavy atom. The molecule has 0 aromatic carbocycles. The lowest BCUT2D eigenvalue weighted by molar-refractivity contribution is 0.00584. The lowest BCUT2D eigenvalue weighted by Gasteiger charge is -2.17. The van der Waals surface area contributed by atoms with Gasteiger partial charge in [0.05, 0.1) is 18.8 Å². The Kier molecular flexibility index (Phi) is 9.60. The van der Waals surface area contributed by atoms with Gasteiger partial charge in [0.15, 0.2) is 0 Å². The van der Waals surface area contributed by atoms with E-state index in [0.717, 1.165) is 11.5 Å². The number of thioether (sulfide) groups is 1. The number of hydrogen-bond acceptors (Lipinski definition) is 4. The molecule has 0 saturated carbocycles. The van der Waals surface area contributed by atoms with Crippen molar-refractivity contribution in [2.75, 3.05) is 24.7 Å². The van der Waals surface area contributed by atoms with E-state index in [1.165, 1.54) is 0 Å². The van der Waals surface area contributed by atoms with Crippen LogP contribution < -0.4 is 5.32 Å². The molecule has 92 valence electrons. The van der Waals surface area contributed by atoms with Crippen molar-refractivity contribution in [2.24, 2.45) is 0 Å². The maximum Gasteiger partial charge on any atom is 0.0897 e. The zero-order valence-corrected chi connectivity index (χ0v) is 11.1. The monoisotopic (exact) mass is 235 g/mol. The van der Waals surface area contributed by atoms with E-state index in [1.54, 1.807) is 0 Å². The van der Waals surface area contributed by atoms with Gasteiger partial charge in [-0.1, -0.05) is 6.92 Å². The van der Waals surface area contributed by atoms with Crippen LogP contribution in [0.25, 0.3) is 0 Å². The molecule has 0 amide bonds. The summed E-state index contributed by atoms with van der Waals surface area (Å²) in [5, 5.41) is 12.9. The zero-order valence-electron chi connectivity index (χ0n) is 10.3. The molecule has 0 radical (unpaired) electrons. The fourth-order valence-corrected chi connectivity index (χ4v) is 1.76. The lowest BCUT2D eigenvalue weighted by Crippen LogP contribution is -2.37. The van der Waals surface area contributed by atoms with Gasteiger partial charge in [-0.15, -0.1) is 0 Å². The van der Waals surface area contributed by atoms with Crippen LogP contribution in [0.1, 0.15) is 27.7 Å². The van der Waals surface area contributed by atoms with Gasteiger partial charge in [-0.3, -0.25) is 0 Å². The van der Waals surface area contributed by atoms with Gasteiger partial charge in [-0.05, 0) is 26.5 Å². The second-order valence-electron chi connectivity index (χ2n) is 4.00. The van der Waals surface area contributed by atoms with Crippen LogP contribution in [-0.4, -0.2) is 48.0 Å². The summed E-state index contributed by atoms with van der Waals surface area (Å²) >= 11 is 1.91. The van der Waals surface area contributed by atoms with Gasteiger partial charge in [-0.2, -0.15) is 11.8 Å². The highest BCUT2D eigenvalue weighted by molar-refractivity contribution is 7.99. The SMILES string of the molecule is CCSCC(C)NCC(O)COC(C)C. The van der Waals surface area contributed by atoms with Gasteiger partial charge in [0.2, 0.25) is 0 Å². The molecule has 2 atom stereocenters. The molecule has 2 unspecified atom stereocenters. The van der Waals surface area contributed by atoms with Crippen LogP contribution in [0.5, 0.6) is 0 Å². The molecule has 0 aliphatic heterocycles. The first-order valence-corrected chi connectivity index (χ1v) is 6.82. The maximum atomic E-state index is 9.58. The Morgan fingerprint density at radius 3 is 2.53 bits per heavy atom. The third kappa shape index (κ3) is 10.5. The topological polar surface area (TPSA) is 41.5 Å². The maximum absolute atomic E-state index is 9.58. The van der Waals surface area contributed by atoms with Crippen LogP contribution >= 0.6 is 11.8 Å². The van der Waals surface area contributed by atoms with Crippen LogP contribution in [-0.2, 0) is 4.74 Å².